The van der Waals surface area contributed by atoms with Gasteiger partial charge in [-0.1, -0.05) is 23.7 Å². The number of amides is 4. The Balaban J connectivity index is 1.61. The van der Waals surface area contributed by atoms with Crippen LogP contribution in [0.25, 0.3) is 0 Å². The molecular formula is C15H17ClN4O3. The molecule has 0 saturated carbocycles. The summed E-state index contributed by atoms with van der Waals surface area (Å²) in [6.45, 7) is 1.98. The van der Waals surface area contributed by atoms with Crippen LogP contribution in [-0.2, 0) is 9.59 Å². The van der Waals surface area contributed by atoms with E-state index in [0.717, 1.165) is 0 Å². The lowest BCUT2D eigenvalue weighted by molar-refractivity contribution is -0.146. The fourth-order valence-electron chi connectivity index (χ4n) is 2.96. The van der Waals surface area contributed by atoms with E-state index in [1.54, 1.807) is 31.2 Å². The summed E-state index contributed by atoms with van der Waals surface area (Å²) >= 11 is 5.99. The van der Waals surface area contributed by atoms with E-state index in [9.17, 15) is 14.4 Å². The summed E-state index contributed by atoms with van der Waals surface area (Å²) in [7, 11) is 0. The molecule has 4 amide bonds. The van der Waals surface area contributed by atoms with Gasteiger partial charge in [0, 0.05) is 6.54 Å². The van der Waals surface area contributed by atoms with Gasteiger partial charge in [0.25, 0.3) is 0 Å². The average molecular weight is 337 g/mol. The predicted octanol–water partition coefficient (Wildman–Crippen LogP) is 0.949. The Bertz CT molecular complexity index is 666. The van der Waals surface area contributed by atoms with E-state index in [2.05, 4.69) is 16.0 Å². The van der Waals surface area contributed by atoms with Crippen molar-refractivity contribution in [1.29, 1.82) is 0 Å². The second-order valence-corrected chi connectivity index (χ2v) is 6.15. The van der Waals surface area contributed by atoms with Crippen LogP contribution in [-0.4, -0.2) is 47.4 Å². The van der Waals surface area contributed by atoms with Crippen molar-refractivity contribution < 1.29 is 14.4 Å². The molecule has 0 radical (unpaired) electrons. The maximum absolute atomic E-state index is 12.1. The van der Waals surface area contributed by atoms with Crippen molar-refractivity contribution in [1.82, 2.24) is 15.5 Å². The second-order valence-electron chi connectivity index (χ2n) is 5.75. The Labute approximate surface area is 138 Å². The molecule has 2 heterocycles. The molecule has 1 aromatic rings. The summed E-state index contributed by atoms with van der Waals surface area (Å²) in [5.74, 6) is -0.293. The summed E-state index contributed by atoms with van der Waals surface area (Å²) in [5.41, 5.74) is 0.504. The average Bonchev–Trinajstić information content (AvgIpc) is 2.92. The number of nitrogens with zero attached hydrogens (tertiary/aromatic N) is 1. The molecule has 3 N–H and O–H groups in total. The standard InChI is InChI=1S/C15H17ClN4O3/c1-8-14(22)20-7-9(6-12(20)13(21)17-8)18-15(23)19-11-5-3-2-4-10(11)16/h2-5,8-9,12H,6-7H2,1H3,(H,17,21)(H2,18,19,23)/t8-,9+,12+/m1/s1. The molecule has 2 fully saturated rings. The molecule has 3 atom stereocenters. The lowest BCUT2D eigenvalue weighted by atomic mass is 10.1. The Kier molecular flexibility index (Phi) is 4.12. The van der Waals surface area contributed by atoms with Crippen LogP contribution in [0.3, 0.4) is 0 Å². The zero-order valence-electron chi connectivity index (χ0n) is 12.5. The zero-order valence-corrected chi connectivity index (χ0v) is 13.3. The molecule has 2 aliphatic rings. The number of hydrogen-bond donors (Lipinski definition) is 3. The number of benzene rings is 1. The number of urea groups is 1. The molecule has 7 nitrogen and oxygen atoms in total. The highest BCUT2D eigenvalue weighted by molar-refractivity contribution is 6.33. The van der Waals surface area contributed by atoms with Crippen LogP contribution in [0.2, 0.25) is 5.02 Å². The molecule has 2 aliphatic heterocycles. The number of carbonyl (C=O) groups excluding carboxylic acids is 3. The quantitative estimate of drug-likeness (QED) is 0.751. The van der Waals surface area contributed by atoms with Gasteiger partial charge in [0.1, 0.15) is 12.1 Å². The van der Waals surface area contributed by atoms with E-state index in [-0.39, 0.29) is 17.9 Å². The first kappa shape index (κ1) is 15.6. The maximum atomic E-state index is 12.1. The Hall–Kier alpha value is -2.28. The van der Waals surface area contributed by atoms with E-state index < -0.39 is 18.1 Å². The van der Waals surface area contributed by atoms with E-state index >= 15 is 0 Å². The number of carbonyl (C=O) groups is 3. The minimum absolute atomic E-state index is 0.120. The van der Waals surface area contributed by atoms with Gasteiger partial charge in [0.15, 0.2) is 0 Å². The molecule has 122 valence electrons. The van der Waals surface area contributed by atoms with Gasteiger partial charge in [-0.15, -0.1) is 0 Å². The number of halogens is 1. The highest BCUT2D eigenvalue weighted by atomic mass is 35.5. The molecule has 0 aliphatic carbocycles. The van der Waals surface area contributed by atoms with Crippen LogP contribution in [0.1, 0.15) is 13.3 Å². The molecule has 0 unspecified atom stereocenters. The highest BCUT2D eigenvalue weighted by Crippen LogP contribution is 2.23. The van der Waals surface area contributed by atoms with E-state index in [1.165, 1.54) is 4.90 Å². The first-order chi connectivity index (χ1) is 11.0. The maximum Gasteiger partial charge on any atom is 0.319 e. The van der Waals surface area contributed by atoms with Crippen molar-refractivity contribution in [3.05, 3.63) is 29.3 Å². The van der Waals surface area contributed by atoms with Crippen molar-refractivity contribution in [2.24, 2.45) is 0 Å². The van der Waals surface area contributed by atoms with Gasteiger partial charge in [-0.25, -0.2) is 4.79 Å². The number of para-hydroxylation sites is 1. The molecule has 8 heteroatoms. The normalized spacial score (nSPS) is 26.5. The van der Waals surface area contributed by atoms with Gasteiger partial charge < -0.3 is 20.9 Å². The number of nitrogens with one attached hydrogen (secondary N) is 3. The molecule has 2 saturated heterocycles. The lowest BCUT2D eigenvalue weighted by Gasteiger charge is -2.32. The molecule has 23 heavy (non-hydrogen) atoms. The Morgan fingerprint density at radius 1 is 1.35 bits per heavy atom. The Morgan fingerprint density at radius 3 is 2.83 bits per heavy atom. The third-order valence-corrected chi connectivity index (χ3v) is 4.40. The van der Waals surface area contributed by atoms with Crippen molar-refractivity contribution in [2.45, 2.75) is 31.5 Å². The number of anilines is 1. The molecule has 0 aromatic heterocycles. The van der Waals surface area contributed by atoms with Crippen LogP contribution < -0.4 is 16.0 Å². The number of rotatable bonds is 2. The summed E-state index contributed by atoms with van der Waals surface area (Å²) < 4.78 is 0. The first-order valence-electron chi connectivity index (χ1n) is 7.38. The molecule has 1 aromatic carbocycles. The highest BCUT2D eigenvalue weighted by Gasteiger charge is 2.45. The smallest absolute Gasteiger partial charge is 0.319 e. The van der Waals surface area contributed by atoms with Gasteiger partial charge in [0.05, 0.1) is 16.8 Å². The lowest BCUT2D eigenvalue weighted by Crippen LogP contribution is -2.60. The molecule has 3 rings (SSSR count). The van der Waals surface area contributed by atoms with Crippen LogP contribution in [0.4, 0.5) is 10.5 Å². The van der Waals surface area contributed by atoms with Crippen LogP contribution in [0.5, 0.6) is 0 Å². The van der Waals surface area contributed by atoms with Crippen LogP contribution >= 0.6 is 11.6 Å². The van der Waals surface area contributed by atoms with Crippen LogP contribution in [0, 0.1) is 0 Å². The fraction of sp³-hybridized carbons (Fsp3) is 0.400. The van der Waals surface area contributed by atoms with E-state index in [1.807, 2.05) is 0 Å². The van der Waals surface area contributed by atoms with Gasteiger partial charge in [-0.05, 0) is 25.5 Å². The van der Waals surface area contributed by atoms with Gasteiger partial charge >= 0.3 is 6.03 Å². The fourth-order valence-corrected chi connectivity index (χ4v) is 3.14. The number of fused-ring (bicyclic) bond motifs is 1. The molecular weight excluding hydrogens is 320 g/mol. The minimum Gasteiger partial charge on any atom is -0.343 e. The summed E-state index contributed by atoms with van der Waals surface area (Å²) in [6, 6.07) is 5.19. The summed E-state index contributed by atoms with van der Waals surface area (Å²) in [6.07, 6.45) is 0.403. The van der Waals surface area contributed by atoms with E-state index in [4.69, 9.17) is 11.6 Å². The topological polar surface area (TPSA) is 90.5 Å². The number of hydrogen-bond acceptors (Lipinski definition) is 3. The van der Waals surface area contributed by atoms with Crippen LogP contribution in [0.15, 0.2) is 24.3 Å². The third kappa shape index (κ3) is 3.10. The largest absolute Gasteiger partial charge is 0.343 e. The second kappa shape index (κ2) is 6.08. The van der Waals surface area contributed by atoms with Gasteiger partial charge in [0.2, 0.25) is 11.8 Å². The van der Waals surface area contributed by atoms with Crippen molar-refractivity contribution in [3.63, 3.8) is 0 Å². The third-order valence-electron chi connectivity index (χ3n) is 4.07. The van der Waals surface area contributed by atoms with E-state index in [0.29, 0.717) is 23.7 Å². The zero-order chi connectivity index (χ0) is 16.6. The molecule has 0 spiro atoms. The van der Waals surface area contributed by atoms with Gasteiger partial charge in [-0.2, -0.15) is 0 Å². The van der Waals surface area contributed by atoms with Gasteiger partial charge in [-0.3, -0.25) is 9.59 Å². The summed E-state index contributed by atoms with van der Waals surface area (Å²) in [4.78, 5) is 37.6. The predicted molar refractivity (Wildman–Crippen MR) is 85.1 cm³/mol. The monoisotopic (exact) mass is 336 g/mol. The first-order valence-corrected chi connectivity index (χ1v) is 7.76. The van der Waals surface area contributed by atoms with Crippen molar-refractivity contribution in [3.8, 4) is 0 Å². The Morgan fingerprint density at radius 2 is 2.09 bits per heavy atom. The van der Waals surface area contributed by atoms with Crippen molar-refractivity contribution >= 4 is 35.1 Å². The minimum atomic E-state index is -0.519. The molecule has 0 bridgehead atoms. The number of piperazine rings is 1. The van der Waals surface area contributed by atoms with Crippen molar-refractivity contribution in [2.75, 3.05) is 11.9 Å². The SMILES string of the molecule is C[C@H]1NC(=O)[C@@H]2C[C@H](NC(=O)Nc3ccccc3Cl)CN2C1=O. The summed E-state index contributed by atoms with van der Waals surface area (Å²) in [5, 5.41) is 8.53.